The van der Waals surface area contributed by atoms with E-state index >= 15 is 0 Å². The Kier molecular flexibility index (Phi) is 5.42. The average Bonchev–Trinajstić information content (AvgIpc) is 3.21. The molecule has 0 saturated heterocycles. The van der Waals surface area contributed by atoms with Crippen molar-refractivity contribution >= 4 is 5.91 Å². The van der Waals surface area contributed by atoms with Crippen LogP contribution in [0.4, 0.5) is 0 Å². The summed E-state index contributed by atoms with van der Waals surface area (Å²) in [5, 5.41) is 7.57. The molecule has 8 nitrogen and oxygen atoms in total. The Morgan fingerprint density at radius 2 is 2.13 bits per heavy atom. The molecule has 8 heteroatoms. The van der Waals surface area contributed by atoms with Crippen LogP contribution in [0.15, 0.2) is 41.3 Å². The molecule has 3 aromatic rings. The van der Waals surface area contributed by atoms with E-state index in [4.69, 9.17) is 4.42 Å². The zero-order chi connectivity index (χ0) is 21.3. The fourth-order valence-electron chi connectivity index (χ4n) is 3.78. The summed E-state index contributed by atoms with van der Waals surface area (Å²) in [6.07, 6.45) is 7.00. The summed E-state index contributed by atoms with van der Waals surface area (Å²) >= 11 is 0. The van der Waals surface area contributed by atoms with Crippen molar-refractivity contribution in [3.63, 3.8) is 0 Å². The van der Waals surface area contributed by atoms with Crippen LogP contribution < -0.4 is 5.32 Å². The second-order valence-corrected chi connectivity index (χ2v) is 8.93. The number of amides is 1. The first-order chi connectivity index (χ1) is 14.3. The van der Waals surface area contributed by atoms with Gasteiger partial charge < -0.3 is 14.6 Å². The molecule has 0 atom stereocenters. The highest BCUT2D eigenvalue weighted by Gasteiger charge is 2.34. The predicted octanol–water partition coefficient (Wildman–Crippen LogP) is 3.12. The van der Waals surface area contributed by atoms with Gasteiger partial charge in [-0.15, -0.1) is 0 Å². The number of aromatic nitrogens is 4. The maximum absolute atomic E-state index is 13.0. The van der Waals surface area contributed by atoms with E-state index in [0.717, 1.165) is 25.1 Å². The lowest BCUT2D eigenvalue weighted by atomic mass is 9.93. The van der Waals surface area contributed by atoms with E-state index in [0.29, 0.717) is 35.4 Å². The molecule has 0 aliphatic heterocycles. The molecule has 1 aliphatic rings. The molecule has 0 aromatic carbocycles. The van der Waals surface area contributed by atoms with E-state index in [1.807, 2.05) is 26.2 Å². The van der Waals surface area contributed by atoms with E-state index in [1.165, 1.54) is 0 Å². The highest BCUT2D eigenvalue weighted by molar-refractivity contribution is 5.95. The summed E-state index contributed by atoms with van der Waals surface area (Å²) in [5.74, 6) is 1.31. The van der Waals surface area contributed by atoms with Gasteiger partial charge in [0, 0.05) is 25.2 Å². The molecule has 1 fully saturated rings. The van der Waals surface area contributed by atoms with Gasteiger partial charge in [0.1, 0.15) is 5.69 Å². The Morgan fingerprint density at radius 1 is 1.33 bits per heavy atom. The Labute approximate surface area is 176 Å². The minimum Gasteiger partial charge on any atom is -0.463 e. The SMILES string of the molecule is CN(C)CC(C)(C)CNC(=O)c1cnn(-c2nccc(-c3ccco3)n2)c1C1CC1. The maximum Gasteiger partial charge on any atom is 0.254 e. The molecular formula is C22H28N6O2. The van der Waals surface area contributed by atoms with Crippen molar-refractivity contribution in [1.29, 1.82) is 0 Å². The van der Waals surface area contributed by atoms with Gasteiger partial charge in [0.2, 0.25) is 0 Å². The first kappa shape index (κ1) is 20.3. The first-order valence-electron chi connectivity index (χ1n) is 10.2. The quantitative estimate of drug-likeness (QED) is 0.616. The summed E-state index contributed by atoms with van der Waals surface area (Å²) < 4.78 is 7.15. The molecule has 1 N–H and O–H groups in total. The fourth-order valence-corrected chi connectivity index (χ4v) is 3.78. The lowest BCUT2D eigenvalue weighted by Gasteiger charge is -2.28. The topological polar surface area (TPSA) is 89.1 Å². The highest BCUT2D eigenvalue weighted by Crippen LogP contribution is 2.42. The van der Waals surface area contributed by atoms with E-state index in [-0.39, 0.29) is 11.3 Å². The molecule has 0 radical (unpaired) electrons. The van der Waals surface area contributed by atoms with Crippen LogP contribution in [0, 0.1) is 5.41 Å². The van der Waals surface area contributed by atoms with Crippen molar-refractivity contribution in [3.8, 4) is 17.4 Å². The predicted molar refractivity (Wildman–Crippen MR) is 113 cm³/mol. The van der Waals surface area contributed by atoms with Gasteiger partial charge in [-0.25, -0.2) is 14.6 Å². The Balaban J connectivity index is 1.59. The van der Waals surface area contributed by atoms with Crippen LogP contribution >= 0.6 is 0 Å². The van der Waals surface area contributed by atoms with E-state index in [9.17, 15) is 4.79 Å². The monoisotopic (exact) mass is 408 g/mol. The standard InChI is InChI=1S/C22H28N6O2/c1-22(2,14-27(3)4)13-24-20(29)16-12-25-28(19(16)15-7-8-15)21-23-10-9-17(26-21)18-6-5-11-30-18/h5-6,9-12,15H,7-8,13-14H2,1-4H3,(H,24,29). The molecule has 4 rings (SSSR count). The molecule has 0 spiro atoms. The van der Waals surface area contributed by atoms with Crippen LogP contribution in [0.3, 0.4) is 0 Å². The summed E-state index contributed by atoms with van der Waals surface area (Å²) in [6.45, 7) is 5.76. The average molecular weight is 409 g/mol. The molecule has 1 amide bonds. The van der Waals surface area contributed by atoms with Gasteiger partial charge in [0.15, 0.2) is 5.76 Å². The van der Waals surface area contributed by atoms with Crippen LogP contribution in [0.1, 0.15) is 48.7 Å². The molecule has 0 unspecified atom stereocenters. The summed E-state index contributed by atoms with van der Waals surface area (Å²) in [5.41, 5.74) is 2.13. The van der Waals surface area contributed by atoms with Gasteiger partial charge in [-0.3, -0.25) is 4.79 Å². The number of nitrogens with one attached hydrogen (secondary N) is 1. The first-order valence-corrected chi connectivity index (χ1v) is 10.2. The number of furan rings is 1. The molecule has 3 aromatic heterocycles. The molecule has 30 heavy (non-hydrogen) atoms. The van der Waals surface area contributed by atoms with E-state index in [2.05, 4.69) is 39.1 Å². The molecular weight excluding hydrogens is 380 g/mol. The normalized spacial score (nSPS) is 14.3. The van der Waals surface area contributed by atoms with Crippen LogP contribution in [0.5, 0.6) is 0 Å². The van der Waals surface area contributed by atoms with Crippen molar-refractivity contribution in [2.75, 3.05) is 27.2 Å². The number of carbonyl (C=O) groups excluding carboxylic acids is 1. The zero-order valence-corrected chi connectivity index (χ0v) is 17.9. The lowest BCUT2D eigenvalue weighted by Crippen LogP contribution is -2.40. The lowest BCUT2D eigenvalue weighted by molar-refractivity contribution is 0.0928. The third kappa shape index (κ3) is 4.43. The van der Waals surface area contributed by atoms with Gasteiger partial charge in [0.25, 0.3) is 11.9 Å². The second kappa shape index (κ2) is 8.02. The van der Waals surface area contributed by atoms with Gasteiger partial charge in [-0.05, 0) is 50.6 Å². The number of rotatable bonds is 8. The maximum atomic E-state index is 13.0. The van der Waals surface area contributed by atoms with Crippen LogP contribution in [0.25, 0.3) is 17.4 Å². The molecule has 0 bridgehead atoms. The molecule has 158 valence electrons. The second-order valence-electron chi connectivity index (χ2n) is 8.93. The minimum absolute atomic E-state index is 0.0324. The smallest absolute Gasteiger partial charge is 0.254 e. The molecule has 1 aliphatic carbocycles. The highest BCUT2D eigenvalue weighted by atomic mass is 16.3. The van der Waals surface area contributed by atoms with Crippen LogP contribution in [-0.4, -0.2) is 57.7 Å². The Hall–Kier alpha value is -3.00. The van der Waals surface area contributed by atoms with Gasteiger partial charge in [0.05, 0.1) is 23.7 Å². The summed E-state index contributed by atoms with van der Waals surface area (Å²) in [4.78, 5) is 24.1. The van der Waals surface area contributed by atoms with Crippen molar-refractivity contribution in [3.05, 3.63) is 48.1 Å². The minimum atomic E-state index is -0.0998. The number of hydrogen-bond donors (Lipinski definition) is 1. The van der Waals surface area contributed by atoms with Crippen molar-refractivity contribution in [1.82, 2.24) is 30.0 Å². The molecule has 1 saturated carbocycles. The number of carbonyl (C=O) groups is 1. The van der Waals surface area contributed by atoms with Crippen molar-refractivity contribution < 1.29 is 9.21 Å². The van der Waals surface area contributed by atoms with Gasteiger partial charge >= 0.3 is 0 Å². The van der Waals surface area contributed by atoms with Crippen molar-refractivity contribution in [2.45, 2.75) is 32.6 Å². The summed E-state index contributed by atoms with van der Waals surface area (Å²) in [6, 6.07) is 5.47. The van der Waals surface area contributed by atoms with Gasteiger partial charge in [-0.2, -0.15) is 5.10 Å². The third-order valence-electron chi connectivity index (χ3n) is 5.09. The fraction of sp³-hybridized carbons (Fsp3) is 0.455. The largest absolute Gasteiger partial charge is 0.463 e. The third-order valence-corrected chi connectivity index (χ3v) is 5.09. The zero-order valence-electron chi connectivity index (χ0n) is 17.9. The number of nitrogens with zero attached hydrogens (tertiary/aromatic N) is 5. The molecule has 3 heterocycles. The van der Waals surface area contributed by atoms with Gasteiger partial charge in [-0.1, -0.05) is 13.8 Å². The summed E-state index contributed by atoms with van der Waals surface area (Å²) in [7, 11) is 4.07. The number of hydrogen-bond acceptors (Lipinski definition) is 6. The van der Waals surface area contributed by atoms with Crippen LogP contribution in [0.2, 0.25) is 0 Å². The van der Waals surface area contributed by atoms with E-state index < -0.39 is 0 Å². The van der Waals surface area contributed by atoms with E-state index in [1.54, 1.807) is 29.4 Å². The van der Waals surface area contributed by atoms with Crippen LogP contribution in [-0.2, 0) is 0 Å². The Bertz CT molecular complexity index is 1020. The Morgan fingerprint density at radius 3 is 2.80 bits per heavy atom. The van der Waals surface area contributed by atoms with Crippen molar-refractivity contribution in [2.24, 2.45) is 5.41 Å².